The molecule has 0 aliphatic carbocycles. The summed E-state index contributed by atoms with van der Waals surface area (Å²) in [4.78, 5) is 17.6. The van der Waals surface area contributed by atoms with Gasteiger partial charge in [-0.05, 0) is 63.7 Å². The van der Waals surface area contributed by atoms with Crippen molar-refractivity contribution in [3.8, 4) is 45.3 Å². The maximum Gasteiger partial charge on any atom is 0.164 e. The van der Waals surface area contributed by atoms with Crippen molar-refractivity contribution in [2.75, 3.05) is 4.90 Å². The summed E-state index contributed by atoms with van der Waals surface area (Å²) in [6, 6.07) is 71.7. The minimum atomic E-state index is 0.576. The maximum atomic E-state index is 6.71. The Labute approximate surface area is 335 Å². The standard InChI is InChI=1S/C53H34N4O/c1-3-17-38(18-4-1)51-54-52(39-19-5-2-6-20-39)56-53(55-51)44-26-13-29-47-49(44)50-46(28-14-30-48(50)58-47)57(45-27-12-22-36-16-8-10-24-43(36)45)40-33-31-37(32-34-40)42-25-11-21-35-15-7-9-23-41(35)42/h1-34H. The number of fused-ring (bicyclic) bond motifs is 5. The van der Waals surface area contributed by atoms with Gasteiger partial charge in [-0.1, -0.05) is 170 Å². The molecule has 0 aliphatic rings. The van der Waals surface area contributed by atoms with Crippen molar-refractivity contribution in [2.45, 2.75) is 0 Å². The van der Waals surface area contributed by atoms with E-state index >= 15 is 0 Å². The van der Waals surface area contributed by atoms with Crippen LogP contribution in [0.4, 0.5) is 17.1 Å². The molecule has 5 nitrogen and oxygen atoms in total. The number of nitrogens with zero attached hydrogens (tertiary/aromatic N) is 4. The first-order valence-electron chi connectivity index (χ1n) is 19.4. The molecule has 0 unspecified atom stereocenters. The molecule has 0 aliphatic heterocycles. The lowest BCUT2D eigenvalue weighted by atomic mass is 9.97. The van der Waals surface area contributed by atoms with Crippen molar-refractivity contribution < 1.29 is 4.42 Å². The molecule has 0 fully saturated rings. The Morgan fingerprint density at radius 2 is 0.828 bits per heavy atom. The van der Waals surface area contributed by atoms with Gasteiger partial charge in [0.1, 0.15) is 11.2 Å². The van der Waals surface area contributed by atoms with E-state index in [2.05, 4.69) is 132 Å². The van der Waals surface area contributed by atoms with Gasteiger partial charge < -0.3 is 9.32 Å². The Kier molecular flexibility index (Phi) is 8.07. The fourth-order valence-corrected chi connectivity index (χ4v) is 8.23. The second kappa shape index (κ2) is 14.0. The quantitative estimate of drug-likeness (QED) is 0.163. The van der Waals surface area contributed by atoms with Crippen LogP contribution in [-0.2, 0) is 0 Å². The van der Waals surface area contributed by atoms with Crippen molar-refractivity contribution in [3.05, 3.63) is 206 Å². The molecule has 11 rings (SSSR count). The van der Waals surface area contributed by atoms with Crippen LogP contribution >= 0.6 is 0 Å². The van der Waals surface area contributed by atoms with E-state index in [0.29, 0.717) is 17.5 Å². The van der Waals surface area contributed by atoms with Crippen LogP contribution in [0, 0.1) is 0 Å². The van der Waals surface area contributed by atoms with Gasteiger partial charge in [-0.3, -0.25) is 0 Å². The molecule has 0 bridgehead atoms. The normalized spacial score (nSPS) is 11.4. The van der Waals surface area contributed by atoms with Crippen LogP contribution in [0.25, 0.3) is 88.8 Å². The van der Waals surface area contributed by atoms with E-state index in [9.17, 15) is 0 Å². The lowest BCUT2D eigenvalue weighted by Crippen LogP contribution is -2.11. The van der Waals surface area contributed by atoms with E-state index in [1.807, 2.05) is 78.9 Å². The van der Waals surface area contributed by atoms with Gasteiger partial charge >= 0.3 is 0 Å². The number of hydrogen-bond donors (Lipinski definition) is 0. The Morgan fingerprint density at radius 3 is 1.53 bits per heavy atom. The van der Waals surface area contributed by atoms with Gasteiger partial charge in [0.25, 0.3) is 0 Å². The summed E-state index contributed by atoms with van der Waals surface area (Å²) >= 11 is 0. The molecule has 272 valence electrons. The topological polar surface area (TPSA) is 55.1 Å². The SMILES string of the molecule is c1ccc(-c2nc(-c3ccccc3)nc(-c3cccc4oc5cccc(N(c6ccc(-c7cccc8ccccc78)cc6)c6cccc7ccccc67)c5c34)n2)cc1. The second-order valence-electron chi connectivity index (χ2n) is 14.4. The van der Waals surface area contributed by atoms with E-state index in [-0.39, 0.29) is 0 Å². The van der Waals surface area contributed by atoms with Gasteiger partial charge in [-0.15, -0.1) is 0 Å². The van der Waals surface area contributed by atoms with Gasteiger partial charge in [0.2, 0.25) is 0 Å². The molecule has 0 saturated carbocycles. The average molecular weight is 743 g/mol. The summed E-state index contributed by atoms with van der Waals surface area (Å²) in [6.45, 7) is 0. The molecule has 11 aromatic rings. The number of rotatable bonds is 7. The highest BCUT2D eigenvalue weighted by atomic mass is 16.3. The summed E-state index contributed by atoms with van der Waals surface area (Å²) < 4.78 is 6.71. The minimum Gasteiger partial charge on any atom is -0.456 e. The van der Waals surface area contributed by atoms with Crippen molar-refractivity contribution >= 4 is 60.5 Å². The first kappa shape index (κ1) is 33.4. The van der Waals surface area contributed by atoms with E-state index in [1.165, 1.54) is 16.3 Å². The van der Waals surface area contributed by atoms with E-state index in [4.69, 9.17) is 19.4 Å². The van der Waals surface area contributed by atoms with Crippen molar-refractivity contribution in [3.63, 3.8) is 0 Å². The van der Waals surface area contributed by atoms with Crippen LogP contribution in [0.1, 0.15) is 0 Å². The maximum absolute atomic E-state index is 6.71. The highest BCUT2D eigenvalue weighted by Crippen LogP contribution is 2.47. The molecule has 2 aromatic heterocycles. The Morgan fingerprint density at radius 1 is 0.328 bits per heavy atom. The Balaban J connectivity index is 1.16. The van der Waals surface area contributed by atoms with Gasteiger partial charge in [0.15, 0.2) is 17.5 Å². The van der Waals surface area contributed by atoms with Crippen LogP contribution in [0.2, 0.25) is 0 Å². The summed E-state index contributed by atoms with van der Waals surface area (Å²) in [5.41, 5.74) is 9.67. The van der Waals surface area contributed by atoms with Crippen molar-refractivity contribution in [1.82, 2.24) is 15.0 Å². The average Bonchev–Trinajstić information content (AvgIpc) is 3.70. The molecule has 0 N–H and O–H groups in total. The highest BCUT2D eigenvalue weighted by molar-refractivity contribution is 6.19. The molecule has 9 aromatic carbocycles. The van der Waals surface area contributed by atoms with Crippen LogP contribution in [0.5, 0.6) is 0 Å². The zero-order valence-corrected chi connectivity index (χ0v) is 31.3. The monoisotopic (exact) mass is 742 g/mol. The molecule has 2 heterocycles. The predicted octanol–water partition coefficient (Wildman–Crippen LogP) is 14.2. The molecular formula is C53H34N4O. The van der Waals surface area contributed by atoms with Crippen LogP contribution in [0.15, 0.2) is 211 Å². The summed E-state index contributed by atoms with van der Waals surface area (Å²) in [5, 5.41) is 6.67. The molecule has 0 amide bonds. The number of anilines is 3. The Bertz CT molecular complexity index is 3220. The zero-order chi connectivity index (χ0) is 38.4. The lowest BCUT2D eigenvalue weighted by Gasteiger charge is -2.28. The number of aromatic nitrogens is 3. The van der Waals surface area contributed by atoms with Crippen LogP contribution in [0.3, 0.4) is 0 Å². The molecule has 0 radical (unpaired) electrons. The van der Waals surface area contributed by atoms with Gasteiger partial charge in [0.05, 0.1) is 16.8 Å². The first-order chi connectivity index (χ1) is 28.8. The Hall–Kier alpha value is -7.89. The lowest BCUT2D eigenvalue weighted by molar-refractivity contribution is 0.669. The van der Waals surface area contributed by atoms with E-state index < -0.39 is 0 Å². The largest absolute Gasteiger partial charge is 0.456 e. The molecule has 58 heavy (non-hydrogen) atoms. The minimum absolute atomic E-state index is 0.576. The molecule has 0 saturated heterocycles. The molecule has 0 spiro atoms. The number of benzene rings is 9. The summed E-state index contributed by atoms with van der Waals surface area (Å²) in [5.74, 6) is 1.79. The fourth-order valence-electron chi connectivity index (χ4n) is 8.23. The smallest absolute Gasteiger partial charge is 0.164 e. The number of furan rings is 1. The second-order valence-corrected chi connectivity index (χ2v) is 14.4. The fraction of sp³-hybridized carbons (Fsp3) is 0. The third-order valence-electron chi connectivity index (χ3n) is 10.9. The number of hydrogen-bond acceptors (Lipinski definition) is 5. The van der Waals surface area contributed by atoms with Gasteiger partial charge in [0, 0.05) is 33.2 Å². The van der Waals surface area contributed by atoms with Crippen LogP contribution < -0.4 is 4.90 Å². The third kappa shape index (κ3) is 5.76. The summed E-state index contributed by atoms with van der Waals surface area (Å²) in [7, 11) is 0. The summed E-state index contributed by atoms with van der Waals surface area (Å²) in [6.07, 6.45) is 0. The molecule has 0 atom stereocenters. The van der Waals surface area contributed by atoms with Crippen LogP contribution in [-0.4, -0.2) is 15.0 Å². The highest BCUT2D eigenvalue weighted by Gasteiger charge is 2.24. The van der Waals surface area contributed by atoms with E-state index in [1.54, 1.807) is 0 Å². The van der Waals surface area contributed by atoms with Crippen molar-refractivity contribution in [1.29, 1.82) is 0 Å². The molecule has 5 heteroatoms. The van der Waals surface area contributed by atoms with Gasteiger partial charge in [-0.25, -0.2) is 15.0 Å². The predicted molar refractivity (Wildman–Crippen MR) is 239 cm³/mol. The first-order valence-corrected chi connectivity index (χ1v) is 19.4. The van der Waals surface area contributed by atoms with Crippen molar-refractivity contribution in [2.24, 2.45) is 0 Å². The third-order valence-corrected chi connectivity index (χ3v) is 10.9. The van der Waals surface area contributed by atoms with Gasteiger partial charge in [-0.2, -0.15) is 0 Å². The zero-order valence-electron chi connectivity index (χ0n) is 31.3. The van der Waals surface area contributed by atoms with E-state index in [0.717, 1.165) is 72.0 Å². The molecular weight excluding hydrogens is 709 g/mol.